The van der Waals surface area contributed by atoms with Gasteiger partial charge < -0.3 is 25.0 Å². The smallest absolute Gasteiger partial charge is 0.194 e. The normalized spacial score (nSPS) is 20.2. The number of ether oxygens (including phenoxy) is 1. The second-order valence-electron chi connectivity index (χ2n) is 6.92. The van der Waals surface area contributed by atoms with Gasteiger partial charge in [0.05, 0.1) is 19.3 Å². The van der Waals surface area contributed by atoms with Gasteiger partial charge in [0, 0.05) is 38.4 Å². The Balaban J connectivity index is 1.57. The number of aliphatic imine (C=N–C) groups is 1. The third-order valence-corrected chi connectivity index (χ3v) is 5.16. The number of hydrogen-bond acceptors (Lipinski definition) is 4. The van der Waals surface area contributed by atoms with Crippen LogP contribution >= 0.6 is 0 Å². The van der Waals surface area contributed by atoms with Gasteiger partial charge in [-0.3, -0.25) is 4.99 Å². The highest BCUT2D eigenvalue weighted by Crippen LogP contribution is 2.31. The summed E-state index contributed by atoms with van der Waals surface area (Å²) in [5.41, 5.74) is 0.664. The fourth-order valence-corrected chi connectivity index (χ4v) is 3.36. The predicted octanol–water partition coefficient (Wildman–Crippen LogP) is 1.70. The number of hydrogen-bond donors (Lipinski definition) is 2. The van der Waals surface area contributed by atoms with Gasteiger partial charge in [0.25, 0.3) is 0 Å². The molecule has 0 aromatic heterocycles. The minimum atomic E-state index is -0.564. The minimum absolute atomic E-state index is 0.508. The molecule has 2 fully saturated rings. The third kappa shape index (κ3) is 4.37. The van der Waals surface area contributed by atoms with Crippen LogP contribution in [0.5, 0.6) is 5.75 Å². The van der Waals surface area contributed by atoms with Gasteiger partial charge in [-0.2, -0.15) is 0 Å². The number of guanidine groups is 1. The molecular formula is C19H30N4O2. The lowest BCUT2D eigenvalue weighted by Gasteiger charge is -2.39. The first-order valence-corrected chi connectivity index (χ1v) is 9.28. The van der Waals surface area contributed by atoms with Crippen molar-refractivity contribution < 1.29 is 9.84 Å². The van der Waals surface area contributed by atoms with Crippen LogP contribution in [0.1, 0.15) is 26.2 Å². The Labute approximate surface area is 150 Å². The van der Waals surface area contributed by atoms with Crippen molar-refractivity contribution >= 4 is 11.6 Å². The highest BCUT2D eigenvalue weighted by atomic mass is 16.5. The van der Waals surface area contributed by atoms with Gasteiger partial charge in [-0.25, -0.2) is 0 Å². The summed E-state index contributed by atoms with van der Waals surface area (Å²) in [6.07, 6.45) is 2.87. The van der Waals surface area contributed by atoms with E-state index in [0.717, 1.165) is 63.7 Å². The van der Waals surface area contributed by atoms with E-state index in [9.17, 15) is 5.11 Å². The molecule has 1 saturated carbocycles. The molecule has 3 rings (SSSR count). The fourth-order valence-electron chi connectivity index (χ4n) is 3.36. The first-order valence-electron chi connectivity index (χ1n) is 9.28. The maximum Gasteiger partial charge on any atom is 0.194 e. The topological polar surface area (TPSA) is 60.3 Å². The van der Waals surface area contributed by atoms with E-state index in [1.54, 1.807) is 7.11 Å². The Bertz CT molecular complexity index is 576. The van der Waals surface area contributed by atoms with Crippen LogP contribution in [0.4, 0.5) is 5.69 Å². The molecule has 0 atom stereocenters. The summed E-state index contributed by atoms with van der Waals surface area (Å²) in [6, 6.07) is 8.24. The predicted molar refractivity (Wildman–Crippen MR) is 102 cm³/mol. The van der Waals surface area contributed by atoms with Gasteiger partial charge in [-0.15, -0.1) is 0 Å². The van der Waals surface area contributed by atoms with E-state index >= 15 is 0 Å². The van der Waals surface area contributed by atoms with Gasteiger partial charge in [0.2, 0.25) is 0 Å². The van der Waals surface area contributed by atoms with Gasteiger partial charge in [0.1, 0.15) is 5.75 Å². The summed E-state index contributed by atoms with van der Waals surface area (Å²) >= 11 is 0. The van der Waals surface area contributed by atoms with Gasteiger partial charge in [0.15, 0.2) is 5.96 Å². The Hall–Kier alpha value is -1.95. The quantitative estimate of drug-likeness (QED) is 0.628. The van der Waals surface area contributed by atoms with Crippen LogP contribution < -0.4 is 15.0 Å². The Morgan fingerprint density at radius 1 is 1.20 bits per heavy atom. The van der Waals surface area contributed by atoms with Crippen molar-refractivity contribution in [2.24, 2.45) is 4.99 Å². The van der Waals surface area contributed by atoms with Crippen LogP contribution in [0, 0.1) is 0 Å². The van der Waals surface area contributed by atoms with Crippen LogP contribution in [0.15, 0.2) is 29.3 Å². The van der Waals surface area contributed by atoms with Crippen LogP contribution in [0.3, 0.4) is 0 Å². The molecule has 0 bridgehead atoms. The largest absolute Gasteiger partial charge is 0.497 e. The van der Waals surface area contributed by atoms with Crippen molar-refractivity contribution in [1.29, 1.82) is 0 Å². The SMILES string of the molecule is CCNC(=NCC1(O)CCC1)N1CCN(c2ccc(OC)cc2)CC1. The monoisotopic (exact) mass is 346 g/mol. The van der Waals surface area contributed by atoms with Crippen LogP contribution in [0.25, 0.3) is 0 Å². The molecule has 2 N–H and O–H groups in total. The van der Waals surface area contributed by atoms with E-state index in [4.69, 9.17) is 9.73 Å². The fraction of sp³-hybridized carbons (Fsp3) is 0.632. The van der Waals surface area contributed by atoms with E-state index in [1.807, 2.05) is 12.1 Å². The van der Waals surface area contributed by atoms with Crippen molar-refractivity contribution in [3.8, 4) is 5.75 Å². The average Bonchev–Trinajstić information content (AvgIpc) is 2.64. The molecule has 1 aromatic carbocycles. The number of piperazine rings is 1. The van der Waals surface area contributed by atoms with E-state index in [1.165, 1.54) is 5.69 Å². The van der Waals surface area contributed by atoms with Gasteiger partial charge in [-0.05, 0) is 50.5 Å². The van der Waals surface area contributed by atoms with Crippen molar-refractivity contribution in [3.05, 3.63) is 24.3 Å². The van der Waals surface area contributed by atoms with E-state index in [0.29, 0.717) is 6.54 Å². The summed E-state index contributed by atoms with van der Waals surface area (Å²) in [5.74, 6) is 1.81. The lowest BCUT2D eigenvalue weighted by Crippen LogP contribution is -2.53. The zero-order valence-electron chi connectivity index (χ0n) is 15.4. The van der Waals surface area contributed by atoms with E-state index in [2.05, 4.69) is 34.2 Å². The maximum atomic E-state index is 10.3. The third-order valence-electron chi connectivity index (χ3n) is 5.16. The number of nitrogens with zero attached hydrogens (tertiary/aromatic N) is 3. The van der Waals surface area contributed by atoms with Crippen molar-refractivity contribution in [3.63, 3.8) is 0 Å². The standard InChI is InChI=1S/C19H30N4O2/c1-3-20-18(21-15-19(24)9-4-10-19)23-13-11-22(12-14-23)16-5-7-17(25-2)8-6-16/h5-8,24H,3-4,9-15H2,1-2H3,(H,20,21). The molecule has 138 valence electrons. The average molecular weight is 346 g/mol. The molecule has 0 unspecified atom stereocenters. The number of methoxy groups -OCH3 is 1. The van der Waals surface area contributed by atoms with Crippen LogP contribution in [-0.4, -0.2) is 67.9 Å². The molecule has 2 aliphatic rings. The molecule has 6 nitrogen and oxygen atoms in total. The number of nitrogens with one attached hydrogen (secondary N) is 1. The molecule has 6 heteroatoms. The molecule has 1 heterocycles. The van der Waals surface area contributed by atoms with E-state index < -0.39 is 5.60 Å². The maximum absolute atomic E-state index is 10.3. The summed E-state index contributed by atoms with van der Waals surface area (Å²) in [4.78, 5) is 9.38. The highest BCUT2D eigenvalue weighted by Gasteiger charge is 2.34. The molecular weight excluding hydrogens is 316 g/mol. The molecule has 1 aliphatic carbocycles. The number of aliphatic hydroxyl groups is 1. The van der Waals surface area contributed by atoms with Crippen molar-refractivity contribution in [2.45, 2.75) is 31.8 Å². The molecule has 1 aliphatic heterocycles. The molecule has 25 heavy (non-hydrogen) atoms. The molecule has 1 saturated heterocycles. The number of rotatable bonds is 5. The second-order valence-corrected chi connectivity index (χ2v) is 6.92. The Kier molecular flexibility index (Phi) is 5.68. The van der Waals surface area contributed by atoms with E-state index in [-0.39, 0.29) is 0 Å². The summed E-state index contributed by atoms with van der Waals surface area (Å²) < 4.78 is 5.23. The van der Waals surface area contributed by atoms with Crippen LogP contribution in [0.2, 0.25) is 0 Å². The molecule has 1 aromatic rings. The van der Waals surface area contributed by atoms with Crippen LogP contribution in [-0.2, 0) is 0 Å². The number of benzene rings is 1. The lowest BCUT2D eigenvalue weighted by atomic mass is 9.80. The Morgan fingerprint density at radius 2 is 1.88 bits per heavy atom. The first-order chi connectivity index (χ1) is 12.1. The summed E-state index contributed by atoms with van der Waals surface area (Å²) in [6.45, 7) is 7.21. The molecule has 0 spiro atoms. The summed E-state index contributed by atoms with van der Waals surface area (Å²) in [5, 5.41) is 13.7. The lowest BCUT2D eigenvalue weighted by molar-refractivity contribution is -0.0237. The highest BCUT2D eigenvalue weighted by molar-refractivity contribution is 5.80. The van der Waals surface area contributed by atoms with Crippen molar-refractivity contribution in [2.75, 3.05) is 51.3 Å². The first kappa shape index (κ1) is 17.9. The zero-order valence-corrected chi connectivity index (χ0v) is 15.4. The molecule has 0 amide bonds. The number of anilines is 1. The van der Waals surface area contributed by atoms with Gasteiger partial charge in [-0.1, -0.05) is 0 Å². The minimum Gasteiger partial charge on any atom is -0.497 e. The van der Waals surface area contributed by atoms with Crippen molar-refractivity contribution in [1.82, 2.24) is 10.2 Å². The second kappa shape index (κ2) is 7.95. The molecule has 0 radical (unpaired) electrons. The van der Waals surface area contributed by atoms with Gasteiger partial charge >= 0.3 is 0 Å². The Morgan fingerprint density at radius 3 is 2.40 bits per heavy atom. The summed E-state index contributed by atoms with van der Waals surface area (Å²) in [7, 11) is 1.69. The zero-order chi connectivity index (χ0) is 17.7.